The third-order valence-electron chi connectivity index (χ3n) is 5.60. The maximum atomic E-state index is 4.75. The predicted molar refractivity (Wildman–Crippen MR) is 103 cm³/mol. The van der Waals surface area contributed by atoms with Crippen molar-refractivity contribution >= 4 is 39.4 Å². The summed E-state index contributed by atoms with van der Waals surface area (Å²) in [5.41, 5.74) is 2.70. The van der Waals surface area contributed by atoms with Crippen molar-refractivity contribution in [2.24, 2.45) is 0 Å². The van der Waals surface area contributed by atoms with Gasteiger partial charge in [0.15, 0.2) is 17.1 Å². The van der Waals surface area contributed by atoms with Crippen LogP contribution in [0.3, 0.4) is 0 Å². The van der Waals surface area contributed by atoms with E-state index in [2.05, 4.69) is 56.8 Å². The van der Waals surface area contributed by atoms with Gasteiger partial charge in [0.05, 0.1) is 17.8 Å². The lowest BCUT2D eigenvalue weighted by molar-refractivity contribution is 0.454. The van der Waals surface area contributed by atoms with Crippen molar-refractivity contribution in [1.82, 2.24) is 39.3 Å². The van der Waals surface area contributed by atoms with E-state index >= 15 is 0 Å². The summed E-state index contributed by atoms with van der Waals surface area (Å²) in [6, 6.07) is 2.41. The molecule has 0 saturated heterocycles. The summed E-state index contributed by atoms with van der Waals surface area (Å²) in [5.74, 6) is 2.98. The first-order valence-corrected chi connectivity index (χ1v) is 10.2. The molecule has 0 amide bonds. The maximum Gasteiger partial charge on any atom is 0.179 e. The molecule has 1 N–H and O–H groups in total. The van der Waals surface area contributed by atoms with Crippen molar-refractivity contribution in [2.45, 2.75) is 47.5 Å². The first kappa shape index (κ1) is 15.1. The number of aromatic nitrogens is 8. The largest absolute Gasteiger partial charge is 0.345 e. The number of alkyl halides is 1. The van der Waals surface area contributed by atoms with E-state index < -0.39 is 0 Å². The van der Waals surface area contributed by atoms with Crippen LogP contribution >= 0.6 is 22.6 Å². The molecule has 2 saturated carbocycles. The average molecular weight is 460 g/mol. The minimum Gasteiger partial charge on any atom is -0.345 e. The molecule has 0 bridgehead atoms. The lowest BCUT2D eigenvalue weighted by Gasteiger charge is -2.12. The Morgan fingerprint density at radius 2 is 2.08 bits per heavy atom. The predicted octanol–water partition coefficient (Wildman–Crippen LogP) is 3.00. The van der Waals surface area contributed by atoms with Crippen LogP contribution in [-0.2, 0) is 0 Å². The van der Waals surface area contributed by atoms with E-state index in [-0.39, 0.29) is 0 Å². The Labute approximate surface area is 162 Å². The second kappa shape index (κ2) is 5.48. The molecular formula is C17H17IN8. The van der Waals surface area contributed by atoms with Crippen LogP contribution < -0.4 is 0 Å². The van der Waals surface area contributed by atoms with Crippen molar-refractivity contribution in [1.29, 1.82) is 0 Å². The van der Waals surface area contributed by atoms with E-state index in [9.17, 15) is 0 Å². The molecule has 0 aromatic carbocycles. The van der Waals surface area contributed by atoms with Gasteiger partial charge in [-0.15, -0.1) is 10.2 Å². The molecule has 9 heteroatoms. The van der Waals surface area contributed by atoms with Crippen LogP contribution in [0.1, 0.15) is 55.2 Å². The highest BCUT2D eigenvalue weighted by atomic mass is 127. The number of rotatable bonds is 3. The van der Waals surface area contributed by atoms with Gasteiger partial charge in [-0.05, 0) is 31.7 Å². The highest BCUT2D eigenvalue weighted by Crippen LogP contribution is 2.45. The van der Waals surface area contributed by atoms with Gasteiger partial charge in [0.1, 0.15) is 12.2 Å². The summed E-state index contributed by atoms with van der Waals surface area (Å²) >= 11 is 2.56. The smallest absolute Gasteiger partial charge is 0.179 e. The molecule has 2 aliphatic rings. The molecular weight excluding hydrogens is 443 g/mol. The van der Waals surface area contributed by atoms with Crippen LogP contribution in [0.15, 0.2) is 24.8 Å². The number of nitrogens with one attached hydrogen (secondary N) is 1. The molecule has 4 aromatic rings. The summed E-state index contributed by atoms with van der Waals surface area (Å²) in [7, 11) is 0. The minimum absolute atomic E-state index is 0.338. The Morgan fingerprint density at radius 1 is 1.15 bits per heavy atom. The van der Waals surface area contributed by atoms with Gasteiger partial charge in [-0.2, -0.15) is 5.10 Å². The molecule has 0 unspecified atom stereocenters. The van der Waals surface area contributed by atoms with Crippen molar-refractivity contribution in [3.05, 3.63) is 36.4 Å². The average Bonchev–Trinajstić information content (AvgIpc) is 3.05. The molecule has 2 fully saturated rings. The van der Waals surface area contributed by atoms with Gasteiger partial charge in [0, 0.05) is 22.0 Å². The molecule has 6 rings (SSSR count). The van der Waals surface area contributed by atoms with E-state index in [4.69, 9.17) is 5.10 Å². The van der Waals surface area contributed by atoms with Gasteiger partial charge in [0.2, 0.25) is 0 Å². The minimum atomic E-state index is 0.338. The van der Waals surface area contributed by atoms with Crippen LogP contribution in [0.2, 0.25) is 0 Å². The number of hydrogen-bond acceptors (Lipinski definition) is 5. The van der Waals surface area contributed by atoms with E-state index in [0.717, 1.165) is 41.3 Å². The van der Waals surface area contributed by atoms with Gasteiger partial charge < -0.3 is 4.98 Å². The van der Waals surface area contributed by atoms with Gasteiger partial charge in [-0.1, -0.05) is 22.6 Å². The molecule has 4 aromatic heterocycles. The Kier molecular flexibility index (Phi) is 3.17. The summed E-state index contributed by atoms with van der Waals surface area (Å²) in [5, 5.41) is 13.7. The first-order chi connectivity index (χ1) is 12.8. The van der Waals surface area contributed by atoms with Crippen LogP contribution in [0, 0.1) is 0 Å². The summed E-state index contributed by atoms with van der Waals surface area (Å²) in [4.78, 5) is 12.1. The fourth-order valence-electron chi connectivity index (χ4n) is 4.08. The van der Waals surface area contributed by atoms with Gasteiger partial charge in [-0.25, -0.2) is 14.6 Å². The van der Waals surface area contributed by atoms with Gasteiger partial charge >= 0.3 is 0 Å². The SMILES string of the molecule is I[C@@H]1C[C@H](n2cnc(C3CC3)n2)C[C@@H]1c1nnc2cnc3[nH]ccc3n12. The van der Waals surface area contributed by atoms with Crippen molar-refractivity contribution in [3.63, 3.8) is 0 Å². The normalized spacial score (nSPS) is 26.3. The number of H-pyrrole nitrogens is 1. The maximum absolute atomic E-state index is 4.75. The highest BCUT2D eigenvalue weighted by molar-refractivity contribution is 14.1. The first-order valence-electron chi connectivity index (χ1n) is 9.00. The zero-order chi connectivity index (χ0) is 17.3. The van der Waals surface area contributed by atoms with Crippen molar-refractivity contribution in [3.8, 4) is 0 Å². The van der Waals surface area contributed by atoms with E-state index in [1.807, 2.05) is 18.6 Å². The van der Waals surface area contributed by atoms with E-state index in [1.165, 1.54) is 12.8 Å². The van der Waals surface area contributed by atoms with Gasteiger partial charge in [-0.3, -0.25) is 4.40 Å². The Balaban J connectivity index is 1.38. The fourth-order valence-corrected chi connectivity index (χ4v) is 5.28. The third kappa shape index (κ3) is 2.22. The molecule has 3 atom stereocenters. The molecule has 132 valence electrons. The Morgan fingerprint density at radius 3 is 2.96 bits per heavy atom. The molecule has 0 radical (unpaired) electrons. The second-order valence-electron chi connectivity index (χ2n) is 7.33. The molecule has 0 aliphatic heterocycles. The molecule has 2 aliphatic carbocycles. The molecule has 26 heavy (non-hydrogen) atoms. The van der Waals surface area contributed by atoms with Crippen molar-refractivity contribution in [2.75, 3.05) is 0 Å². The highest BCUT2D eigenvalue weighted by Gasteiger charge is 2.38. The standard InChI is InChI=1S/C17H17IN8/c18-12-6-10(25-8-21-15(24-25)9-1-2-9)5-11(12)17-23-22-14-7-20-16-13(26(14)17)3-4-19-16/h3-4,7-12,19H,1-2,5-6H2/t10-,11+,12-/m1/s1. The number of aromatic amines is 1. The van der Waals surface area contributed by atoms with Crippen LogP contribution in [-0.4, -0.2) is 43.3 Å². The third-order valence-corrected chi connectivity index (χ3v) is 6.98. The topological polar surface area (TPSA) is 89.6 Å². The summed E-state index contributed by atoms with van der Waals surface area (Å²) in [6.07, 6.45) is 10.2. The quantitative estimate of drug-likeness (QED) is 0.375. The molecule has 4 heterocycles. The Hall–Kier alpha value is -2.04. The summed E-state index contributed by atoms with van der Waals surface area (Å²) in [6.45, 7) is 0. The number of hydrogen-bond donors (Lipinski definition) is 1. The van der Waals surface area contributed by atoms with Crippen LogP contribution in [0.25, 0.3) is 16.8 Å². The van der Waals surface area contributed by atoms with Gasteiger partial charge in [0.25, 0.3) is 0 Å². The van der Waals surface area contributed by atoms with E-state index in [0.29, 0.717) is 21.8 Å². The van der Waals surface area contributed by atoms with Crippen molar-refractivity contribution < 1.29 is 0 Å². The second-order valence-corrected chi connectivity index (χ2v) is 8.93. The Bertz CT molecular complexity index is 1110. The number of fused-ring (bicyclic) bond motifs is 3. The molecule has 8 nitrogen and oxygen atoms in total. The zero-order valence-electron chi connectivity index (χ0n) is 14.0. The molecule has 0 spiro atoms. The lowest BCUT2D eigenvalue weighted by atomic mass is 10.1. The van der Waals surface area contributed by atoms with Crippen LogP contribution in [0.5, 0.6) is 0 Å². The zero-order valence-corrected chi connectivity index (χ0v) is 16.1. The van der Waals surface area contributed by atoms with E-state index in [1.54, 1.807) is 6.20 Å². The number of nitrogens with zero attached hydrogens (tertiary/aromatic N) is 7. The summed E-state index contributed by atoms with van der Waals surface area (Å²) < 4.78 is 4.71. The van der Waals surface area contributed by atoms with Crippen LogP contribution in [0.4, 0.5) is 0 Å². The lowest BCUT2D eigenvalue weighted by Crippen LogP contribution is -2.09. The monoisotopic (exact) mass is 460 g/mol. The number of halogens is 1. The fraction of sp³-hybridized carbons (Fsp3) is 0.471.